The van der Waals surface area contributed by atoms with Crippen molar-refractivity contribution >= 4 is 117 Å². The SMILES string of the molecule is Cc1ccc(S(=O)(=O)OS(c2c(-c3cccc4ccccc34)cc(-c3cccc4ccccc34)cc2-c2cccc3ccccc23)(c2c(-c3cccc4ccccc34)cc(-c3cccc4ccccc34)cc2-c2cccc3ccccc23)c2c(-c3cccc4ccccc34)cc(-c3cccc4ccccc34)cc2-c2cccc3ccccc23)cc1. The average molecular weight is 1570 g/mol. The van der Waals surface area contributed by atoms with Crippen molar-refractivity contribution in [2.45, 2.75) is 26.5 Å². The van der Waals surface area contributed by atoms with Crippen molar-refractivity contribution in [3.8, 4) is 100 Å². The zero-order chi connectivity index (χ0) is 80.0. The summed E-state index contributed by atoms with van der Waals surface area (Å²) < 4.78 is 46.6. The minimum absolute atomic E-state index is 0.00682. The van der Waals surface area contributed by atoms with Crippen LogP contribution in [0.1, 0.15) is 5.56 Å². The predicted octanol–water partition coefficient (Wildman–Crippen LogP) is 32.0. The highest BCUT2D eigenvalue weighted by molar-refractivity contribution is 8.33. The topological polar surface area (TPSA) is 43.4 Å². The second kappa shape index (κ2) is 29.6. The van der Waals surface area contributed by atoms with E-state index in [2.05, 4.69) is 419 Å². The molecule has 0 aromatic heterocycles. The van der Waals surface area contributed by atoms with Crippen molar-refractivity contribution < 1.29 is 12.0 Å². The van der Waals surface area contributed by atoms with Crippen LogP contribution in [0.5, 0.6) is 0 Å². The fraction of sp³-hybridized carbons (Fsp3) is 0.00870. The first-order valence-electron chi connectivity index (χ1n) is 40.9. The Bertz CT molecular complexity index is 7020. The highest BCUT2D eigenvalue weighted by Crippen LogP contribution is 2.81. The van der Waals surface area contributed by atoms with E-state index in [1.54, 1.807) is 12.1 Å². The van der Waals surface area contributed by atoms with Crippen LogP contribution in [0.15, 0.2) is 462 Å². The third-order valence-electron chi connectivity index (χ3n) is 24.4. The molecular formula is C115H76O3S2. The minimum atomic E-state index is -5.16. The molecule has 0 bridgehead atoms. The molecule has 0 aliphatic carbocycles. The van der Waals surface area contributed by atoms with Gasteiger partial charge in [-0.3, -0.25) is 0 Å². The molecule has 0 N–H and O–H groups in total. The van der Waals surface area contributed by atoms with Gasteiger partial charge in [0.25, 0.3) is 0 Å². The molecule has 0 heterocycles. The lowest BCUT2D eigenvalue weighted by molar-refractivity contribution is 0.509. The van der Waals surface area contributed by atoms with Crippen LogP contribution in [0, 0.1) is 6.92 Å². The van der Waals surface area contributed by atoms with Gasteiger partial charge in [0.05, 0.1) is 4.90 Å². The number of hydrogen-bond donors (Lipinski definition) is 0. The molecule has 3 nitrogen and oxygen atoms in total. The molecule has 0 aliphatic heterocycles. The Morgan fingerprint density at radius 1 is 0.175 bits per heavy atom. The Kier molecular flexibility index (Phi) is 17.7. The normalized spacial score (nSPS) is 12.1. The Labute approximate surface area is 699 Å². The van der Waals surface area contributed by atoms with E-state index in [0.717, 1.165) is 203 Å². The van der Waals surface area contributed by atoms with Crippen molar-refractivity contribution in [1.82, 2.24) is 0 Å². The van der Waals surface area contributed by atoms with Gasteiger partial charge in [-0.1, -0.05) is 400 Å². The molecule has 0 amide bonds. The van der Waals surface area contributed by atoms with Gasteiger partial charge in [0.2, 0.25) is 0 Å². The lowest BCUT2D eigenvalue weighted by Crippen LogP contribution is -2.20. The molecule has 22 aromatic carbocycles. The van der Waals surface area contributed by atoms with Gasteiger partial charge < -0.3 is 0 Å². The zero-order valence-electron chi connectivity index (χ0n) is 65.7. The Morgan fingerprint density at radius 2 is 0.342 bits per heavy atom. The highest BCUT2D eigenvalue weighted by Gasteiger charge is 2.49. The lowest BCUT2D eigenvalue weighted by Gasteiger charge is -2.47. The zero-order valence-corrected chi connectivity index (χ0v) is 67.3. The first kappa shape index (κ1) is 71.9. The molecule has 0 aliphatic rings. The Balaban J connectivity index is 1.11. The van der Waals surface area contributed by atoms with Crippen LogP contribution in [-0.4, -0.2) is 8.42 Å². The summed E-state index contributed by atoms with van der Waals surface area (Å²) in [5.41, 5.74) is 16.7. The summed E-state index contributed by atoms with van der Waals surface area (Å²) >= 11 is 0. The van der Waals surface area contributed by atoms with E-state index in [9.17, 15) is 0 Å². The van der Waals surface area contributed by atoms with Crippen molar-refractivity contribution in [1.29, 1.82) is 0 Å². The van der Waals surface area contributed by atoms with Gasteiger partial charge >= 0.3 is 10.1 Å². The van der Waals surface area contributed by atoms with Gasteiger partial charge in [-0.25, -0.2) is 3.63 Å². The summed E-state index contributed by atoms with van der Waals surface area (Å²) in [5, 5.41) is 18.4. The second-order valence-electron chi connectivity index (χ2n) is 31.3. The van der Waals surface area contributed by atoms with Crippen LogP contribution >= 0.6 is 10.3 Å². The van der Waals surface area contributed by atoms with Crippen molar-refractivity contribution in [2.75, 3.05) is 0 Å². The van der Waals surface area contributed by atoms with Gasteiger partial charge in [0.15, 0.2) is 0 Å². The summed E-state index contributed by atoms with van der Waals surface area (Å²) in [6.07, 6.45) is 0. The molecular weight excluding hydrogens is 1490 g/mol. The molecule has 0 fully saturated rings. The third-order valence-corrected chi connectivity index (χ3v) is 29.8. The molecule has 120 heavy (non-hydrogen) atoms. The maximum absolute atomic E-state index is 18.7. The molecule has 0 spiro atoms. The quantitative estimate of drug-likeness (QED) is 0.103. The summed E-state index contributed by atoms with van der Waals surface area (Å²) in [5.74, 6) is 0. The van der Waals surface area contributed by atoms with Crippen LogP contribution in [0.4, 0.5) is 0 Å². The van der Waals surface area contributed by atoms with E-state index < -0.39 is 20.4 Å². The monoisotopic (exact) mass is 1570 g/mol. The van der Waals surface area contributed by atoms with Crippen molar-refractivity contribution in [3.63, 3.8) is 0 Å². The van der Waals surface area contributed by atoms with Gasteiger partial charge in [-0.2, -0.15) is 8.42 Å². The van der Waals surface area contributed by atoms with Crippen LogP contribution in [0.25, 0.3) is 197 Å². The standard InChI is InChI=1S/C115H76O3S2/c1-75-65-67-88(68-66-75)120(116,117)118-119(113-107(101-59-23-41-79-32-5-14-50-92(79)101)69-85(98-56-20-38-76-29-2-11-47-89(76)98)70-108(113)102-60-24-42-80-33-6-15-51-93(80)102,114-109(103-61-25-43-81-34-7-16-52-94(81)103)71-86(99-57-21-39-77-30-3-12-48-90(77)99)72-110(114)104-62-26-44-82-35-8-17-53-95(82)104)115-111(105-63-27-45-83-36-9-18-54-96(83)105)73-87(100-58-22-40-78-31-4-13-49-91(78)100)74-112(115)106-64-28-46-84-37-10-19-55-97(84)106/h2-74H,1H3. The molecule has 0 unspecified atom stereocenters. The molecule has 0 saturated carbocycles. The minimum Gasteiger partial charge on any atom is -0.203 e. The van der Waals surface area contributed by atoms with Crippen LogP contribution in [0.2, 0.25) is 0 Å². The van der Waals surface area contributed by atoms with Crippen LogP contribution < -0.4 is 0 Å². The number of hydrogen-bond acceptors (Lipinski definition) is 3. The molecule has 5 heteroatoms. The second-order valence-corrected chi connectivity index (χ2v) is 35.6. The van der Waals surface area contributed by atoms with E-state index in [-0.39, 0.29) is 4.90 Å². The van der Waals surface area contributed by atoms with Crippen molar-refractivity contribution in [3.05, 3.63) is 448 Å². The molecule has 566 valence electrons. The van der Waals surface area contributed by atoms with Gasteiger partial charge in [0.1, 0.15) is 0 Å². The molecule has 22 aromatic rings. The Hall–Kier alpha value is -14.6. The predicted molar refractivity (Wildman–Crippen MR) is 508 cm³/mol. The fourth-order valence-corrected chi connectivity index (χ4v) is 25.1. The van der Waals surface area contributed by atoms with E-state index in [1.165, 1.54) is 0 Å². The van der Waals surface area contributed by atoms with Gasteiger partial charge in [-0.15, -0.1) is 0 Å². The van der Waals surface area contributed by atoms with Gasteiger partial charge in [-0.05, 0) is 263 Å². The number of aryl methyl sites for hydroxylation is 1. The third kappa shape index (κ3) is 12.2. The molecule has 0 radical (unpaired) electrons. The summed E-state index contributed by atoms with van der Waals surface area (Å²) in [4.78, 5) is 2.04. The first-order chi connectivity index (χ1) is 59.2. The Morgan fingerprint density at radius 3 is 0.542 bits per heavy atom. The largest absolute Gasteiger partial charge is 0.307 e. The summed E-state index contributed by atoms with van der Waals surface area (Å²) in [6.45, 7) is 2.01. The summed E-state index contributed by atoms with van der Waals surface area (Å²) in [7, 11) is -9.61. The summed E-state index contributed by atoms with van der Waals surface area (Å²) in [6, 6.07) is 159. The van der Waals surface area contributed by atoms with E-state index in [4.69, 9.17) is 3.63 Å². The maximum atomic E-state index is 18.7. The molecule has 0 saturated heterocycles. The van der Waals surface area contributed by atoms with Crippen LogP contribution in [-0.2, 0) is 13.7 Å². The number of rotatable bonds is 15. The van der Waals surface area contributed by atoms with E-state index in [0.29, 0.717) is 14.7 Å². The number of fused-ring (bicyclic) bond motifs is 9. The lowest BCUT2D eigenvalue weighted by atomic mass is 9.88. The smallest absolute Gasteiger partial charge is 0.203 e. The van der Waals surface area contributed by atoms with Crippen molar-refractivity contribution in [2.24, 2.45) is 0 Å². The maximum Gasteiger partial charge on any atom is 0.307 e. The van der Waals surface area contributed by atoms with Crippen LogP contribution in [0.3, 0.4) is 0 Å². The van der Waals surface area contributed by atoms with E-state index >= 15 is 8.42 Å². The van der Waals surface area contributed by atoms with Gasteiger partial charge in [0, 0.05) is 14.7 Å². The molecule has 22 rings (SSSR count). The highest BCUT2D eigenvalue weighted by atomic mass is 32.3. The molecule has 0 atom stereocenters. The first-order valence-corrected chi connectivity index (χ1v) is 43.9. The number of benzene rings is 22. The van der Waals surface area contributed by atoms with E-state index in [1.807, 2.05) is 19.1 Å². The fourth-order valence-electron chi connectivity index (χ4n) is 19.0. The average Bonchev–Trinajstić information content (AvgIpc) is 0.677.